The summed E-state index contributed by atoms with van der Waals surface area (Å²) in [5, 5.41) is 15.6. The number of aliphatic hydroxyl groups is 1. The SMILES string of the molecule is OCc1n[nH]c(=S)n1CCCC1CC1. The van der Waals surface area contributed by atoms with Gasteiger partial charge < -0.3 is 9.67 Å². The van der Waals surface area contributed by atoms with Crippen molar-refractivity contribution in [1.82, 2.24) is 14.8 Å². The van der Waals surface area contributed by atoms with Crippen LogP contribution in [0.3, 0.4) is 0 Å². The molecule has 78 valence electrons. The minimum absolute atomic E-state index is 0.0451. The first kappa shape index (κ1) is 9.86. The molecule has 0 radical (unpaired) electrons. The topological polar surface area (TPSA) is 53.8 Å². The van der Waals surface area contributed by atoms with Gasteiger partial charge in [0.1, 0.15) is 6.61 Å². The summed E-state index contributed by atoms with van der Waals surface area (Å²) in [6, 6.07) is 0. The lowest BCUT2D eigenvalue weighted by Gasteiger charge is -2.03. The molecule has 0 atom stereocenters. The van der Waals surface area contributed by atoms with Crippen molar-refractivity contribution in [2.75, 3.05) is 0 Å². The highest BCUT2D eigenvalue weighted by Crippen LogP contribution is 2.33. The molecule has 0 bridgehead atoms. The first-order valence-corrected chi connectivity index (χ1v) is 5.47. The van der Waals surface area contributed by atoms with Crippen LogP contribution < -0.4 is 0 Å². The molecule has 4 nitrogen and oxygen atoms in total. The fourth-order valence-electron chi connectivity index (χ4n) is 1.65. The van der Waals surface area contributed by atoms with E-state index in [2.05, 4.69) is 10.2 Å². The van der Waals surface area contributed by atoms with Crippen molar-refractivity contribution in [3.05, 3.63) is 10.6 Å². The zero-order valence-electron chi connectivity index (χ0n) is 8.07. The number of nitrogens with zero attached hydrogens (tertiary/aromatic N) is 2. The summed E-state index contributed by atoms with van der Waals surface area (Å²) in [5.41, 5.74) is 0. The van der Waals surface area contributed by atoms with E-state index < -0.39 is 0 Å². The van der Waals surface area contributed by atoms with Crippen LogP contribution in [0.25, 0.3) is 0 Å². The van der Waals surface area contributed by atoms with E-state index in [4.69, 9.17) is 17.3 Å². The standard InChI is InChI=1S/C9H15N3OS/c13-6-8-10-11-9(14)12(8)5-1-2-7-3-4-7/h7,13H,1-6H2,(H,11,14). The average Bonchev–Trinajstić information content (AvgIpc) is 2.93. The van der Waals surface area contributed by atoms with Gasteiger partial charge in [-0.2, -0.15) is 5.10 Å². The molecule has 1 aliphatic rings. The molecule has 1 heterocycles. The largest absolute Gasteiger partial charge is 0.388 e. The predicted octanol–water partition coefficient (Wildman–Crippen LogP) is 1.62. The minimum Gasteiger partial charge on any atom is -0.388 e. The Morgan fingerprint density at radius 2 is 2.36 bits per heavy atom. The number of hydrogen-bond acceptors (Lipinski definition) is 3. The molecule has 5 heteroatoms. The number of aliphatic hydroxyl groups excluding tert-OH is 1. The minimum atomic E-state index is -0.0451. The van der Waals surface area contributed by atoms with E-state index in [1.807, 2.05) is 4.57 Å². The van der Waals surface area contributed by atoms with E-state index in [0.717, 1.165) is 18.9 Å². The van der Waals surface area contributed by atoms with Gasteiger partial charge in [0.15, 0.2) is 10.6 Å². The Kier molecular flexibility index (Phi) is 2.98. The Balaban J connectivity index is 1.92. The van der Waals surface area contributed by atoms with Crippen LogP contribution in [0, 0.1) is 10.7 Å². The van der Waals surface area contributed by atoms with Crippen LogP contribution in [0.2, 0.25) is 0 Å². The van der Waals surface area contributed by atoms with Crippen molar-refractivity contribution in [1.29, 1.82) is 0 Å². The molecule has 0 spiro atoms. The second-order valence-corrected chi connectivity index (χ2v) is 4.23. The Hall–Kier alpha value is -0.680. The van der Waals surface area contributed by atoms with Gasteiger partial charge in [0, 0.05) is 6.54 Å². The van der Waals surface area contributed by atoms with Gasteiger partial charge in [0.25, 0.3) is 0 Å². The highest BCUT2D eigenvalue weighted by atomic mass is 32.1. The van der Waals surface area contributed by atoms with Gasteiger partial charge in [0.05, 0.1) is 0 Å². The van der Waals surface area contributed by atoms with Gasteiger partial charge in [-0.15, -0.1) is 0 Å². The van der Waals surface area contributed by atoms with Crippen LogP contribution in [0.5, 0.6) is 0 Å². The Labute approximate surface area is 88.0 Å². The van der Waals surface area contributed by atoms with Crippen molar-refractivity contribution >= 4 is 12.2 Å². The first-order chi connectivity index (χ1) is 6.81. The number of H-pyrrole nitrogens is 1. The van der Waals surface area contributed by atoms with E-state index in [-0.39, 0.29) is 6.61 Å². The number of aromatic nitrogens is 3. The monoisotopic (exact) mass is 213 g/mol. The third-order valence-corrected chi connectivity index (χ3v) is 2.98. The fourth-order valence-corrected chi connectivity index (χ4v) is 1.89. The number of rotatable bonds is 5. The second-order valence-electron chi connectivity index (χ2n) is 3.84. The zero-order valence-corrected chi connectivity index (χ0v) is 8.89. The summed E-state index contributed by atoms with van der Waals surface area (Å²) >= 11 is 5.07. The first-order valence-electron chi connectivity index (χ1n) is 5.06. The Bertz CT molecular complexity index is 353. The lowest BCUT2D eigenvalue weighted by Crippen LogP contribution is -2.04. The summed E-state index contributed by atoms with van der Waals surface area (Å²) in [6.07, 6.45) is 5.19. The van der Waals surface area contributed by atoms with Crippen LogP contribution in [0.15, 0.2) is 0 Å². The molecule has 14 heavy (non-hydrogen) atoms. The summed E-state index contributed by atoms with van der Waals surface area (Å²) in [5.74, 6) is 1.60. The molecule has 0 aliphatic heterocycles. The van der Waals surface area contributed by atoms with E-state index in [1.54, 1.807) is 0 Å². The van der Waals surface area contributed by atoms with E-state index in [1.165, 1.54) is 19.3 Å². The maximum Gasteiger partial charge on any atom is 0.195 e. The molecule has 0 unspecified atom stereocenters. The number of hydrogen-bond donors (Lipinski definition) is 2. The van der Waals surface area contributed by atoms with Crippen molar-refractivity contribution in [3.8, 4) is 0 Å². The Morgan fingerprint density at radius 1 is 1.57 bits per heavy atom. The second kappa shape index (κ2) is 4.23. The smallest absolute Gasteiger partial charge is 0.195 e. The quantitative estimate of drug-likeness (QED) is 0.731. The normalized spacial score (nSPS) is 16.1. The molecule has 1 aromatic rings. The molecule has 2 N–H and O–H groups in total. The molecular formula is C9H15N3OS. The van der Waals surface area contributed by atoms with Gasteiger partial charge >= 0.3 is 0 Å². The van der Waals surface area contributed by atoms with Crippen LogP contribution in [0.4, 0.5) is 0 Å². The van der Waals surface area contributed by atoms with E-state index in [0.29, 0.717) is 10.6 Å². The molecule has 1 saturated carbocycles. The van der Waals surface area contributed by atoms with Gasteiger partial charge in [-0.05, 0) is 31.0 Å². The van der Waals surface area contributed by atoms with Gasteiger partial charge in [0.2, 0.25) is 0 Å². The van der Waals surface area contributed by atoms with Crippen LogP contribution in [-0.4, -0.2) is 19.9 Å². The average molecular weight is 213 g/mol. The van der Waals surface area contributed by atoms with Crippen LogP contribution in [-0.2, 0) is 13.2 Å². The van der Waals surface area contributed by atoms with Crippen molar-refractivity contribution in [2.24, 2.45) is 5.92 Å². The van der Waals surface area contributed by atoms with Crippen LogP contribution in [0.1, 0.15) is 31.5 Å². The molecule has 1 aromatic heterocycles. The lowest BCUT2D eigenvalue weighted by atomic mass is 10.2. The number of nitrogens with one attached hydrogen (secondary N) is 1. The van der Waals surface area contributed by atoms with Crippen molar-refractivity contribution in [3.63, 3.8) is 0 Å². The maximum absolute atomic E-state index is 9.00. The molecule has 0 aromatic carbocycles. The van der Waals surface area contributed by atoms with E-state index >= 15 is 0 Å². The maximum atomic E-state index is 9.00. The van der Waals surface area contributed by atoms with Crippen molar-refractivity contribution < 1.29 is 5.11 Å². The van der Waals surface area contributed by atoms with Gasteiger partial charge in [-0.25, -0.2) is 0 Å². The van der Waals surface area contributed by atoms with E-state index in [9.17, 15) is 0 Å². The summed E-state index contributed by atoms with van der Waals surface area (Å²) < 4.78 is 2.50. The zero-order chi connectivity index (χ0) is 9.97. The third-order valence-electron chi connectivity index (χ3n) is 2.67. The van der Waals surface area contributed by atoms with Gasteiger partial charge in [-0.1, -0.05) is 12.8 Å². The van der Waals surface area contributed by atoms with Crippen LogP contribution >= 0.6 is 12.2 Å². The predicted molar refractivity (Wildman–Crippen MR) is 55.3 cm³/mol. The fraction of sp³-hybridized carbons (Fsp3) is 0.778. The highest BCUT2D eigenvalue weighted by Gasteiger charge is 2.20. The molecule has 0 amide bonds. The third kappa shape index (κ3) is 2.22. The summed E-state index contributed by atoms with van der Waals surface area (Å²) in [4.78, 5) is 0. The van der Waals surface area contributed by atoms with Gasteiger partial charge in [-0.3, -0.25) is 5.10 Å². The summed E-state index contributed by atoms with van der Waals surface area (Å²) in [7, 11) is 0. The summed E-state index contributed by atoms with van der Waals surface area (Å²) in [6.45, 7) is 0.832. The molecule has 1 fully saturated rings. The molecule has 1 aliphatic carbocycles. The highest BCUT2D eigenvalue weighted by molar-refractivity contribution is 7.71. The molecule has 2 rings (SSSR count). The Morgan fingerprint density at radius 3 is 3.00 bits per heavy atom. The molecule has 0 saturated heterocycles. The van der Waals surface area contributed by atoms with Crippen molar-refractivity contribution in [2.45, 2.75) is 38.8 Å². The lowest BCUT2D eigenvalue weighted by molar-refractivity contribution is 0.263. The number of aromatic amines is 1. The molecular weight excluding hydrogens is 198 g/mol.